The standard InChI is InChI=1S/C15H15N5O2/c1-2-17-15(22)20-14-18-11-6-10(7-12(21)13(11)19-14)9-4-3-5-16-8-9/h3-8,21H,2H2,1H3,(H3,17,18,19,20,22). The molecule has 0 fully saturated rings. The Kier molecular flexibility index (Phi) is 3.61. The normalized spacial score (nSPS) is 10.6. The zero-order valence-electron chi connectivity index (χ0n) is 11.9. The predicted octanol–water partition coefficient (Wildman–Crippen LogP) is 2.47. The van der Waals surface area contributed by atoms with E-state index < -0.39 is 0 Å². The Bertz CT molecular complexity index is 813. The molecule has 0 aliphatic carbocycles. The van der Waals surface area contributed by atoms with Gasteiger partial charge in [0.2, 0.25) is 5.95 Å². The number of fused-ring (bicyclic) bond motifs is 1. The fourth-order valence-electron chi connectivity index (χ4n) is 2.17. The zero-order valence-corrected chi connectivity index (χ0v) is 11.9. The molecule has 0 aliphatic rings. The SMILES string of the molecule is CCNC(=O)Nc1nc2c(O)cc(-c3cccnc3)cc2[nH]1. The number of aromatic hydroxyl groups is 1. The number of urea groups is 1. The van der Waals surface area contributed by atoms with Crippen LogP contribution in [0.4, 0.5) is 10.7 Å². The van der Waals surface area contributed by atoms with Crippen LogP contribution in [0.2, 0.25) is 0 Å². The van der Waals surface area contributed by atoms with Gasteiger partial charge in [-0.3, -0.25) is 10.3 Å². The minimum Gasteiger partial charge on any atom is -0.506 e. The summed E-state index contributed by atoms with van der Waals surface area (Å²) in [6.07, 6.45) is 3.40. The number of amides is 2. The molecule has 0 spiro atoms. The number of anilines is 1. The third-order valence-electron chi connectivity index (χ3n) is 3.13. The maximum Gasteiger partial charge on any atom is 0.321 e. The average Bonchev–Trinajstić information content (AvgIpc) is 2.91. The van der Waals surface area contributed by atoms with Crippen molar-refractivity contribution in [1.29, 1.82) is 0 Å². The second kappa shape index (κ2) is 5.72. The molecule has 22 heavy (non-hydrogen) atoms. The first-order valence-corrected chi connectivity index (χ1v) is 6.85. The summed E-state index contributed by atoms with van der Waals surface area (Å²) in [7, 11) is 0. The molecule has 0 aliphatic heterocycles. The average molecular weight is 297 g/mol. The summed E-state index contributed by atoms with van der Waals surface area (Å²) in [4.78, 5) is 22.7. The number of aromatic amines is 1. The molecule has 2 heterocycles. The largest absolute Gasteiger partial charge is 0.506 e. The molecular weight excluding hydrogens is 282 g/mol. The summed E-state index contributed by atoms with van der Waals surface area (Å²) in [5.41, 5.74) is 2.73. The highest BCUT2D eigenvalue weighted by Crippen LogP contribution is 2.30. The maximum absolute atomic E-state index is 11.5. The third-order valence-corrected chi connectivity index (χ3v) is 3.13. The molecule has 2 amide bonds. The van der Waals surface area contributed by atoms with Gasteiger partial charge < -0.3 is 15.4 Å². The molecule has 0 saturated heterocycles. The number of H-pyrrole nitrogens is 1. The van der Waals surface area contributed by atoms with E-state index in [-0.39, 0.29) is 17.7 Å². The van der Waals surface area contributed by atoms with E-state index in [1.807, 2.05) is 25.1 Å². The quantitative estimate of drug-likeness (QED) is 0.596. The molecule has 3 aromatic rings. The van der Waals surface area contributed by atoms with E-state index in [2.05, 4.69) is 25.6 Å². The van der Waals surface area contributed by atoms with Crippen molar-refractivity contribution in [1.82, 2.24) is 20.3 Å². The number of pyridine rings is 1. The highest BCUT2D eigenvalue weighted by Gasteiger charge is 2.11. The van der Waals surface area contributed by atoms with Crippen molar-refractivity contribution < 1.29 is 9.90 Å². The van der Waals surface area contributed by atoms with Gasteiger partial charge in [-0.05, 0) is 30.7 Å². The van der Waals surface area contributed by atoms with Crippen molar-refractivity contribution >= 4 is 23.0 Å². The lowest BCUT2D eigenvalue weighted by molar-refractivity contribution is 0.252. The van der Waals surface area contributed by atoms with Crippen molar-refractivity contribution in [2.75, 3.05) is 11.9 Å². The van der Waals surface area contributed by atoms with E-state index in [1.54, 1.807) is 18.5 Å². The van der Waals surface area contributed by atoms with E-state index in [4.69, 9.17) is 0 Å². The van der Waals surface area contributed by atoms with Crippen LogP contribution in [0.15, 0.2) is 36.7 Å². The molecule has 0 unspecified atom stereocenters. The monoisotopic (exact) mass is 297 g/mol. The summed E-state index contributed by atoms with van der Waals surface area (Å²) in [6, 6.07) is 6.84. The van der Waals surface area contributed by atoms with Gasteiger partial charge in [0.05, 0.1) is 5.52 Å². The number of benzene rings is 1. The van der Waals surface area contributed by atoms with E-state index >= 15 is 0 Å². The number of carbonyl (C=O) groups excluding carboxylic acids is 1. The van der Waals surface area contributed by atoms with Gasteiger partial charge in [-0.15, -0.1) is 0 Å². The van der Waals surface area contributed by atoms with E-state index in [1.165, 1.54) is 0 Å². The van der Waals surface area contributed by atoms with Crippen LogP contribution in [-0.2, 0) is 0 Å². The van der Waals surface area contributed by atoms with E-state index in [0.717, 1.165) is 11.1 Å². The van der Waals surface area contributed by atoms with Gasteiger partial charge in [-0.2, -0.15) is 0 Å². The molecule has 0 saturated carbocycles. The highest BCUT2D eigenvalue weighted by molar-refractivity contribution is 5.92. The van der Waals surface area contributed by atoms with Crippen molar-refractivity contribution in [2.45, 2.75) is 6.92 Å². The topological polar surface area (TPSA) is 103 Å². The first kappa shape index (κ1) is 13.9. The summed E-state index contributed by atoms with van der Waals surface area (Å²) >= 11 is 0. The lowest BCUT2D eigenvalue weighted by Gasteiger charge is -2.02. The van der Waals surface area contributed by atoms with Crippen LogP contribution >= 0.6 is 0 Å². The van der Waals surface area contributed by atoms with Crippen molar-refractivity contribution in [3.8, 4) is 16.9 Å². The Morgan fingerprint density at radius 2 is 2.23 bits per heavy atom. The number of hydrogen-bond acceptors (Lipinski definition) is 4. The van der Waals surface area contributed by atoms with Gasteiger partial charge >= 0.3 is 6.03 Å². The molecule has 0 radical (unpaired) electrons. The van der Waals surface area contributed by atoms with Crippen molar-refractivity contribution in [3.05, 3.63) is 36.7 Å². The van der Waals surface area contributed by atoms with Crippen LogP contribution < -0.4 is 10.6 Å². The number of nitrogens with one attached hydrogen (secondary N) is 3. The van der Waals surface area contributed by atoms with E-state index in [0.29, 0.717) is 17.6 Å². The minimum absolute atomic E-state index is 0.0385. The minimum atomic E-state index is -0.353. The van der Waals surface area contributed by atoms with Gasteiger partial charge in [-0.25, -0.2) is 9.78 Å². The molecule has 3 rings (SSSR count). The van der Waals surface area contributed by atoms with Crippen molar-refractivity contribution in [2.24, 2.45) is 0 Å². The van der Waals surface area contributed by atoms with Gasteiger partial charge in [0.15, 0.2) is 0 Å². The van der Waals surface area contributed by atoms with Crippen LogP contribution in [0, 0.1) is 0 Å². The first-order valence-electron chi connectivity index (χ1n) is 6.85. The number of phenolic OH excluding ortho intramolecular Hbond substituents is 1. The van der Waals surface area contributed by atoms with Gasteiger partial charge in [0.25, 0.3) is 0 Å². The van der Waals surface area contributed by atoms with Crippen LogP contribution in [-0.4, -0.2) is 32.6 Å². The molecule has 7 heteroatoms. The van der Waals surface area contributed by atoms with Crippen LogP contribution in [0.3, 0.4) is 0 Å². The fourth-order valence-corrected chi connectivity index (χ4v) is 2.17. The lowest BCUT2D eigenvalue weighted by Crippen LogP contribution is -2.28. The maximum atomic E-state index is 11.5. The molecule has 7 nitrogen and oxygen atoms in total. The van der Waals surface area contributed by atoms with Crippen LogP contribution in [0.25, 0.3) is 22.2 Å². The predicted molar refractivity (Wildman–Crippen MR) is 83.7 cm³/mol. The number of hydrogen-bond donors (Lipinski definition) is 4. The van der Waals surface area contributed by atoms with Crippen LogP contribution in [0.5, 0.6) is 5.75 Å². The summed E-state index contributed by atoms with van der Waals surface area (Å²) in [5, 5.41) is 15.3. The summed E-state index contributed by atoms with van der Waals surface area (Å²) in [5.74, 6) is 0.316. The highest BCUT2D eigenvalue weighted by atomic mass is 16.3. The second-order valence-electron chi connectivity index (χ2n) is 4.70. The van der Waals surface area contributed by atoms with E-state index in [9.17, 15) is 9.90 Å². The lowest BCUT2D eigenvalue weighted by atomic mass is 10.1. The summed E-state index contributed by atoms with van der Waals surface area (Å²) in [6.45, 7) is 2.34. The Morgan fingerprint density at radius 1 is 1.36 bits per heavy atom. The molecule has 1 aromatic carbocycles. The number of nitrogens with zero attached hydrogens (tertiary/aromatic N) is 2. The number of carbonyl (C=O) groups is 1. The Balaban J connectivity index is 1.98. The Hall–Kier alpha value is -3.09. The van der Waals surface area contributed by atoms with Crippen molar-refractivity contribution in [3.63, 3.8) is 0 Å². The number of phenols is 1. The molecule has 0 atom stereocenters. The number of imidazole rings is 1. The second-order valence-corrected chi connectivity index (χ2v) is 4.70. The van der Waals surface area contributed by atoms with Crippen LogP contribution in [0.1, 0.15) is 6.92 Å². The van der Waals surface area contributed by atoms with Gasteiger partial charge in [0.1, 0.15) is 11.3 Å². The third kappa shape index (κ3) is 2.69. The number of aromatic nitrogens is 3. The molecule has 0 bridgehead atoms. The first-order chi connectivity index (χ1) is 10.7. The molecule has 4 N–H and O–H groups in total. The Labute approximate surface area is 126 Å². The fraction of sp³-hybridized carbons (Fsp3) is 0.133. The van der Waals surface area contributed by atoms with Gasteiger partial charge in [0, 0.05) is 24.5 Å². The smallest absolute Gasteiger partial charge is 0.321 e. The molecular formula is C15H15N5O2. The molecule has 112 valence electrons. The number of rotatable bonds is 3. The van der Waals surface area contributed by atoms with Gasteiger partial charge in [-0.1, -0.05) is 6.07 Å². The Morgan fingerprint density at radius 3 is 2.95 bits per heavy atom. The summed E-state index contributed by atoms with van der Waals surface area (Å²) < 4.78 is 0. The molecule has 2 aromatic heterocycles. The zero-order chi connectivity index (χ0) is 15.5.